The molecule has 5 nitrogen and oxygen atoms in total. The van der Waals surface area contributed by atoms with Gasteiger partial charge in [-0.15, -0.1) is 0 Å². The van der Waals surface area contributed by atoms with Crippen molar-refractivity contribution >= 4 is 17.4 Å². The lowest BCUT2D eigenvalue weighted by Crippen LogP contribution is -2.13. The fourth-order valence-corrected chi connectivity index (χ4v) is 1.93. The van der Waals surface area contributed by atoms with Gasteiger partial charge in [0.15, 0.2) is 0 Å². The van der Waals surface area contributed by atoms with Crippen molar-refractivity contribution in [3.63, 3.8) is 0 Å². The Morgan fingerprint density at radius 2 is 2.11 bits per heavy atom. The quantitative estimate of drug-likeness (QED) is 0.855. The summed E-state index contributed by atoms with van der Waals surface area (Å²) < 4.78 is 1.90. The van der Waals surface area contributed by atoms with Crippen LogP contribution >= 0.6 is 11.6 Å². The van der Waals surface area contributed by atoms with Crippen LogP contribution in [-0.4, -0.2) is 26.3 Å². The number of anilines is 1. The van der Waals surface area contributed by atoms with E-state index in [1.165, 1.54) is 0 Å². The first-order valence-corrected chi connectivity index (χ1v) is 6.74. The van der Waals surface area contributed by atoms with E-state index in [1.807, 2.05) is 37.8 Å². The van der Waals surface area contributed by atoms with Gasteiger partial charge >= 0.3 is 0 Å². The van der Waals surface area contributed by atoms with Gasteiger partial charge in [-0.1, -0.05) is 18.5 Å². The van der Waals surface area contributed by atoms with Crippen molar-refractivity contribution in [1.29, 1.82) is 0 Å². The molecule has 6 heteroatoms. The highest BCUT2D eigenvalue weighted by Crippen LogP contribution is 2.19. The fourth-order valence-electron chi connectivity index (χ4n) is 1.74. The van der Waals surface area contributed by atoms with Gasteiger partial charge in [-0.3, -0.25) is 4.68 Å². The molecule has 2 aromatic rings. The number of aryl methyl sites for hydroxylation is 2. The van der Waals surface area contributed by atoms with Gasteiger partial charge in [0.2, 0.25) is 0 Å². The van der Waals surface area contributed by atoms with Gasteiger partial charge in [-0.25, -0.2) is 9.97 Å². The van der Waals surface area contributed by atoms with Crippen LogP contribution in [0.25, 0.3) is 0 Å². The van der Waals surface area contributed by atoms with E-state index in [2.05, 4.69) is 20.4 Å². The summed E-state index contributed by atoms with van der Waals surface area (Å²) in [7, 11) is 0. The van der Waals surface area contributed by atoms with Crippen LogP contribution in [-0.2, 0) is 13.0 Å². The normalized spacial score (nSPS) is 10.7. The van der Waals surface area contributed by atoms with Crippen molar-refractivity contribution in [3.8, 4) is 0 Å². The van der Waals surface area contributed by atoms with E-state index in [1.54, 1.807) is 0 Å². The molecule has 0 aliphatic carbocycles. The van der Waals surface area contributed by atoms with Crippen LogP contribution in [0.5, 0.6) is 0 Å². The summed E-state index contributed by atoms with van der Waals surface area (Å²) >= 11 is 6.09. The summed E-state index contributed by atoms with van der Waals surface area (Å²) in [6.07, 6.45) is 4.63. The Bertz CT molecular complexity index is 564. The second kappa shape index (κ2) is 6.02. The molecule has 0 bridgehead atoms. The Balaban J connectivity index is 2.01. The zero-order valence-electron chi connectivity index (χ0n) is 11.4. The predicted octanol–water partition coefficient (Wildman–Crippen LogP) is 2.62. The Kier molecular flexibility index (Phi) is 4.37. The molecule has 2 aromatic heterocycles. The molecule has 2 heterocycles. The lowest BCUT2D eigenvalue weighted by Gasteiger charge is -2.10. The van der Waals surface area contributed by atoms with E-state index in [0.717, 1.165) is 42.3 Å². The maximum absolute atomic E-state index is 6.09. The monoisotopic (exact) mass is 279 g/mol. The Morgan fingerprint density at radius 1 is 1.32 bits per heavy atom. The number of nitrogens with one attached hydrogen (secondary N) is 1. The maximum atomic E-state index is 6.09. The van der Waals surface area contributed by atoms with E-state index in [4.69, 9.17) is 11.6 Å². The standard InChI is InChI=1S/C13H18ClN5/c1-4-11-17-12(14)10(3)13(18-11)15-5-6-19-8-9(2)7-16-19/h7-8H,4-6H2,1-3H3,(H,15,17,18). The molecule has 2 rings (SSSR count). The van der Waals surface area contributed by atoms with Gasteiger partial charge in [-0.2, -0.15) is 5.10 Å². The SMILES string of the molecule is CCc1nc(Cl)c(C)c(NCCn2cc(C)cn2)n1. The van der Waals surface area contributed by atoms with Crippen LogP contribution in [0, 0.1) is 13.8 Å². The van der Waals surface area contributed by atoms with Crippen LogP contribution in [0.1, 0.15) is 23.9 Å². The number of nitrogens with zero attached hydrogens (tertiary/aromatic N) is 4. The third-order valence-corrected chi connectivity index (χ3v) is 3.21. The zero-order valence-corrected chi connectivity index (χ0v) is 12.2. The Morgan fingerprint density at radius 3 is 2.74 bits per heavy atom. The number of hydrogen-bond donors (Lipinski definition) is 1. The van der Waals surface area contributed by atoms with Crippen LogP contribution in [0.4, 0.5) is 5.82 Å². The second-order valence-corrected chi connectivity index (χ2v) is 4.82. The lowest BCUT2D eigenvalue weighted by molar-refractivity contribution is 0.636. The van der Waals surface area contributed by atoms with Crippen molar-refractivity contribution in [2.75, 3.05) is 11.9 Å². The molecule has 0 aliphatic heterocycles. The average Bonchev–Trinajstić information content (AvgIpc) is 2.80. The highest BCUT2D eigenvalue weighted by Gasteiger charge is 2.08. The molecule has 1 N–H and O–H groups in total. The molecule has 0 atom stereocenters. The summed E-state index contributed by atoms with van der Waals surface area (Å²) in [5.74, 6) is 1.56. The van der Waals surface area contributed by atoms with E-state index in [-0.39, 0.29) is 0 Å². The molecule has 0 saturated heterocycles. The topological polar surface area (TPSA) is 55.6 Å². The summed E-state index contributed by atoms with van der Waals surface area (Å²) in [6, 6.07) is 0. The number of aromatic nitrogens is 4. The van der Waals surface area contributed by atoms with Gasteiger partial charge < -0.3 is 5.32 Å². The molecule has 0 saturated carbocycles. The first-order valence-electron chi connectivity index (χ1n) is 6.36. The summed E-state index contributed by atoms with van der Waals surface area (Å²) in [5, 5.41) is 8.05. The van der Waals surface area contributed by atoms with Gasteiger partial charge in [0.25, 0.3) is 0 Å². The number of rotatable bonds is 5. The maximum Gasteiger partial charge on any atom is 0.137 e. The van der Waals surface area contributed by atoms with E-state index >= 15 is 0 Å². The zero-order chi connectivity index (χ0) is 13.8. The van der Waals surface area contributed by atoms with Crippen LogP contribution < -0.4 is 5.32 Å². The highest BCUT2D eigenvalue weighted by atomic mass is 35.5. The number of hydrogen-bond acceptors (Lipinski definition) is 4. The van der Waals surface area contributed by atoms with E-state index in [9.17, 15) is 0 Å². The third kappa shape index (κ3) is 3.44. The first kappa shape index (κ1) is 13.8. The van der Waals surface area contributed by atoms with Gasteiger partial charge in [-0.05, 0) is 19.4 Å². The molecule has 0 fully saturated rings. The lowest BCUT2D eigenvalue weighted by atomic mass is 10.3. The van der Waals surface area contributed by atoms with Crippen molar-refractivity contribution in [3.05, 3.63) is 34.5 Å². The molecule has 0 amide bonds. The minimum Gasteiger partial charge on any atom is -0.368 e. The average molecular weight is 280 g/mol. The van der Waals surface area contributed by atoms with E-state index in [0.29, 0.717) is 5.15 Å². The van der Waals surface area contributed by atoms with Gasteiger partial charge in [0.05, 0.1) is 12.7 Å². The molecule has 0 unspecified atom stereocenters. The number of halogens is 1. The van der Waals surface area contributed by atoms with Crippen molar-refractivity contribution < 1.29 is 0 Å². The first-order chi connectivity index (χ1) is 9.10. The van der Waals surface area contributed by atoms with Gasteiger partial charge in [0.1, 0.15) is 16.8 Å². The predicted molar refractivity (Wildman–Crippen MR) is 76.6 cm³/mol. The molecule has 0 aromatic carbocycles. The van der Waals surface area contributed by atoms with Crippen molar-refractivity contribution in [2.24, 2.45) is 0 Å². The molecular formula is C13H18ClN5. The Labute approximate surface area is 118 Å². The summed E-state index contributed by atoms with van der Waals surface area (Å²) in [4.78, 5) is 8.67. The van der Waals surface area contributed by atoms with Crippen molar-refractivity contribution in [2.45, 2.75) is 33.7 Å². The minimum absolute atomic E-state index is 0.518. The van der Waals surface area contributed by atoms with Crippen LogP contribution in [0.15, 0.2) is 12.4 Å². The van der Waals surface area contributed by atoms with Crippen LogP contribution in [0.2, 0.25) is 5.15 Å². The minimum atomic E-state index is 0.518. The summed E-state index contributed by atoms with van der Waals surface area (Å²) in [6.45, 7) is 7.49. The van der Waals surface area contributed by atoms with E-state index < -0.39 is 0 Å². The molecule has 102 valence electrons. The van der Waals surface area contributed by atoms with Crippen LogP contribution in [0.3, 0.4) is 0 Å². The summed E-state index contributed by atoms with van der Waals surface area (Å²) in [5.41, 5.74) is 2.05. The molecule has 0 spiro atoms. The van der Waals surface area contributed by atoms with Gasteiger partial charge in [0, 0.05) is 24.7 Å². The smallest absolute Gasteiger partial charge is 0.137 e. The molecule has 19 heavy (non-hydrogen) atoms. The fraction of sp³-hybridized carbons (Fsp3) is 0.462. The molecular weight excluding hydrogens is 262 g/mol. The highest BCUT2D eigenvalue weighted by molar-refractivity contribution is 6.30. The third-order valence-electron chi connectivity index (χ3n) is 2.84. The Hall–Kier alpha value is -1.62. The molecule has 0 radical (unpaired) electrons. The second-order valence-electron chi connectivity index (χ2n) is 4.47. The largest absolute Gasteiger partial charge is 0.368 e. The van der Waals surface area contributed by atoms with Crippen molar-refractivity contribution in [1.82, 2.24) is 19.7 Å². The molecule has 0 aliphatic rings.